The molecule has 0 aliphatic carbocycles. The Hall–Kier alpha value is -2.49. The molecule has 0 heterocycles. The van der Waals surface area contributed by atoms with Gasteiger partial charge in [0, 0.05) is 6.07 Å². The van der Waals surface area contributed by atoms with Crippen LogP contribution in [0.3, 0.4) is 0 Å². The van der Waals surface area contributed by atoms with Crippen LogP contribution in [0, 0.1) is 0 Å². The standard InChI is InChI=1S/C20H24O4/c1-3-12-20(13-4-2,15-8-6-5-7-9-15)24-19(23)17-11-10-16(21)14-18(17)22/h5-11,14,21-22H,3-4,12-13H2,1-2H3. The van der Waals surface area contributed by atoms with Crippen molar-refractivity contribution in [1.82, 2.24) is 0 Å². The summed E-state index contributed by atoms with van der Waals surface area (Å²) < 4.78 is 5.93. The Balaban J connectivity index is 2.38. The molecule has 0 aliphatic rings. The van der Waals surface area contributed by atoms with E-state index in [9.17, 15) is 15.0 Å². The second-order valence-electron chi connectivity index (χ2n) is 5.95. The predicted molar refractivity (Wildman–Crippen MR) is 93.1 cm³/mol. The highest BCUT2D eigenvalue weighted by atomic mass is 16.6. The number of ether oxygens (including phenoxy) is 1. The van der Waals surface area contributed by atoms with Crippen LogP contribution in [-0.2, 0) is 10.3 Å². The number of rotatable bonds is 7. The summed E-state index contributed by atoms with van der Waals surface area (Å²) in [7, 11) is 0. The molecule has 4 nitrogen and oxygen atoms in total. The third-order valence-corrected chi connectivity index (χ3v) is 4.10. The van der Waals surface area contributed by atoms with Gasteiger partial charge in [-0.15, -0.1) is 0 Å². The summed E-state index contributed by atoms with van der Waals surface area (Å²) in [6.07, 6.45) is 3.14. The van der Waals surface area contributed by atoms with Crippen LogP contribution in [0.2, 0.25) is 0 Å². The number of hydrogen-bond acceptors (Lipinski definition) is 4. The molecule has 128 valence electrons. The van der Waals surface area contributed by atoms with Crippen molar-refractivity contribution in [1.29, 1.82) is 0 Å². The Morgan fingerprint density at radius 2 is 1.62 bits per heavy atom. The van der Waals surface area contributed by atoms with Crippen LogP contribution >= 0.6 is 0 Å². The van der Waals surface area contributed by atoms with E-state index in [2.05, 4.69) is 13.8 Å². The second-order valence-corrected chi connectivity index (χ2v) is 5.95. The fourth-order valence-electron chi connectivity index (χ4n) is 3.05. The van der Waals surface area contributed by atoms with Gasteiger partial charge in [0.2, 0.25) is 0 Å². The number of hydrogen-bond donors (Lipinski definition) is 2. The number of carbonyl (C=O) groups excluding carboxylic acids is 1. The number of carbonyl (C=O) groups is 1. The van der Waals surface area contributed by atoms with Crippen molar-refractivity contribution in [3.63, 3.8) is 0 Å². The summed E-state index contributed by atoms with van der Waals surface area (Å²) in [4.78, 5) is 12.7. The fraction of sp³-hybridized carbons (Fsp3) is 0.350. The van der Waals surface area contributed by atoms with Gasteiger partial charge in [-0.2, -0.15) is 0 Å². The maximum absolute atomic E-state index is 12.7. The number of esters is 1. The normalized spacial score (nSPS) is 11.2. The number of phenols is 2. The van der Waals surface area contributed by atoms with Crippen molar-refractivity contribution < 1.29 is 19.7 Å². The molecule has 0 radical (unpaired) electrons. The molecule has 4 heteroatoms. The molecule has 0 fully saturated rings. The van der Waals surface area contributed by atoms with Crippen LogP contribution in [-0.4, -0.2) is 16.2 Å². The topological polar surface area (TPSA) is 66.8 Å². The fourth-order valence-corrected chi connectivity index (χ4v) is 3.05. The van der Waals surface area contributed by atoms with E-state index in [1.165, 1.54) is 12.1 Å². The first kappa shape index (κ1) is 17.9. The molecule has 0 aromatic heterocycles. The van der Waals surface area contributed by atoms with Crippen LogP contribution in [0.25, 0.3) is 0 Å². The van der Waals surface area contributed by atoms with Gasteiger partial charge in [-0.05, 0) is 30.5 Å². The first-order valence-electron chi connectivity index (χ1n) is 8.33. The minimum Gasteiger partial charge on any atom is -0.508 e. The number of phenolic OH excluding ortho intramolecular Hbond substituents is 2. The number of benzene rings is 2. The molecule has 0 bridgehead atoms. The van der Waals surface area contributed by atoms with Gasteiger partial charge in [0.25, 0.3) is 0 Å². The van der Waals surface area contributed by atoms with Crippen LogP contribution in [0.4, 0.5) is 0 Å². The molecule has 2 aromatic carbocycles. The maximum atomic E-state index is 12.7. The highest BCUT2D eigenvalue weighted by molar-refractivity contribution is 5.93. The molecule has 2 rings (SSSR count). The van der Waals surface area contributed by atoms with E-state index in [1.807, 2.05) is 30.3 Å². The summed E-state index contributed by atoms with van der Waals surface area (Å²) in [5, 5.41) is 19.3. The maximum Gasteiger partial charge on any atom is 0.342 e. The Kier molecular flexibility index (Phi) is 5.85. The van der Waals surface area contributed by atoms with Crippen LogP contribution in [0.15, 0.2) is 48.5 Å². The molecule has 0 saturated heterocycles. The molecule has 0 amide bonds. The predicted octanol–water partition coefficient (Wildman–Crippen LogP) is 4.75. The SMILES string of the molecule is CCCC(CCC)(OC(=O)c1ccc(O)cc1O)c1ccccc1. The average molecular weight is 328 g/mol. The largest absolute Gasteiger partial charge is 0.508 e. The first-order valence-corrected chi connectivity index (χ1v) is 8.33. The van der Waals surface area contributed by atoms with E-state index >= 15 is 0 Å². The quantitative estimate of drug-likeness (QED) is 0.720. The third kappa shape index (κ3) is 3.88. The van der Waals surface area contributed by atoms with E-state index in [0.717, 1.165) is 24.5 Å². The number of aromatic hydroxyl groups is 2. The van der Waals surface area contributed by atoms with Crippen LogP contribution in [0.1, 0.15) is 55.5 Å². The average Bonchev–Trinajstić information content (AvgIpc) is 2.56. The Morgan fingerprint density at radius 1 is 1.00 bits per heavy atom. The Labute approximate surface area is 142 Å². The zero-order chi connectivity index (χ0) is 17.6. The van der Waals surface area contributed by atoms with Gasteiger partial charge in [-0.1, -0.05) is 57.0 Å². The lowest BCUT2D eigenvalue weighted by atomic mass is 9.85. The van der Waals surface area contributed by atoms with E-state index in [-0.39, 0.29) is 17.1 Å². The van der Waals surface area contributed by atoms with Gasteiger partial charge in [0.05, 0.1) is 0 Å². The van der Waals surface area contributed by atoms with Crippen molar-refractivity contribution in [2.75, 3.05) is 0 Å². The summed E-state index contributed by atoms with van der Waals surface area (Å²) in [5.74, 6) is -0.964. The second kappa shape index (κ2) is 7.86. The first-order chi connectivity index (χ1) is 11.5. The van der Waals surface area contributed by atoms with Gasteiger partial charge in [0.15, 0.2) is 0 Å². The van der Waals surface area contributed by atoms with E-state index in [0.29, 0.717) is 12.8 Å². The molecular formula is C20H24O4. The molecule has 0 spiro atoms. The van der Waals surface area contributed by atoms with Crippen LogP contribution < -0.4 is 0 Å². The molecule has 0 atom stereocenters. The van der Waals surface area contributed by atoms with E-state index < -0.39 is 11.6 Å². The minimum absolute atomic E-state index is 0.0558. The monoisotopic (exact) mass is 328 g/mol. The lowest BCUT2D eigenvalue weighted by Gasteiger charge is -2.34. The zero-order valence-corrected chi connectivity index (χ0v) is 14.2. The highest BCUT2D eigenvalue weighted by Crippen LogP contribution is 2.37. The minimum atomic E-state index is -0.716. The van der Waals surface area contributed by atoms with Gasteiger partial charge in [-0.25, -0.2) is 4.79 Å². The van der Waals surface area contributed by atoms with Gasteiger partial charge < -0.3 is 14.9 Å². The molecule has 0 unspecified atom stereocenters. The molecule has 0 aliphatic heterocycles. The van der Waals surface area contributed by atoms with Crippen molar-refractivity contribution in [2.45, 2.75) is 45.1 Å². The summed E-state index contributed by atoms with van der Waals surface area (Å²) in [6, 6.07) is 13.6. The smallest absolute Gasteiger partial charge is 0.342 e. The van der Waals surface area contributed by atoms with Gasteiger partial charge >= 0.3 is 5.97 Å². The van der Waals surface area contributed by atoms with Gasteiger partial charge in [-0.3, -0.25) is 0 Å². The summed E-state index contributed by atoms with van der Waals surface area (Å²) in [6.45, 7) is 4.11. The van der Waals surface area contributed by atoms with Crippen molar-refractivity contribution >= 4 is 5.97 Å². The molecular weight excluding hydrogens is 304 g/mol. The molecule has 2 N–H and O–H groups in total. The van der Waals surface area contributed by atoms with Gasteiger partial charge in [0.1, 0.15) is 22.7 Å². The lowest BCUT2D eigenvalue weighted by molar-refractivity contribution is -0.0323. The van der Waals surface area contributed by atoms with Crippen molar-refractivity contribution in [3.8, 4) is 11.5 Å². The van der Waals surface area contributed by atoms with Crippen molar-refractivity contribution in [3.05, 3.63) is 59.7 Å². The highest BCUT2D eigenvalue weighted by Gasteiger charge is 2.35. The van der Waals surface area contributed by atoms with Crippen molar-refractivity contribution in [2.24, 2.45) is 0 Å². The van der Waals surface area contributed by atoms with E-state index in [1.54, 1.807) is 0 Å². The zero-order valence-electron chi connectivity index (χ0n) is 14.2. The lowest BCUT2D eigenvalue weighted by Crippen LogP contribution is -2.32. The Bertz CT molecular complexity index is 673. The van der Waals surface area contributed by atoms with E-state index in [4.69, 9.17) is 4.74 Å². The molecule has 0 saturated carbocycles. The Morgan fingerprint density at radius 3 is 2.17 bits per heavy atom. The van der Waals surface area contributed by atoms with Crippen LogP contribution in [0.5, 0.6) is 11.5 Å². The third-order valence-electron chi connectivity index (χ3n) is 4.10. The summed E-state index contributed by atoms with van der Waals surface area (Å²) in [5.41, 5.74) is 0.298. The molecule has 2 aromatic rings. The molecule has 24 heavy (non-hydrogen) atoms. The summed E-state index contributed by atoms with van der Waals surface area (Å²) >= 11 is 0.